The molecule has 0 amide bonds. The van der Waals surface area contributed by atoms with Gasteiger partial charge in [0.05, 0.1) is 0 Å². The van der Waals surface area contributed by atoms with Gasteiger partial charge in [0.2, 0.25) is 0 Å². The first kappa shape index (κ1) is 13.8. The van der Waals surface area contributed by atoms with E-state index in [0.717, 1.165) is 6.54 Å². The third-order valence-corrected chi connectivity index (χ3v) is 3.45. The number of aryl methyl sites for hydroxylation is 1. The van der Waals surface area contributed by atoms with E-state index in [4.69, 9.17) is 0 Å². The summed E-state index contributed by atoms with van der Waals surface area (Å²) in [4.78, 5) is 0. The molecule has 2 aromatic rings. The molecule has 0 saturated heterocycles. The number of benzene rings is 2. The van der Waals surface area contributed by atoms with Gasteiger partial charge >= 0.3 is 0 Å². The molecular formula is C18H23N. The summed E-state index contributed by atoms with van der Waals surface area (Å²) in [7, 11) is 2.02. The molecule has 0 aliphatic carbocycles. The lowest BCUT2D eigenvalue weighted by molar-refractivity contribution is 0.642. The van der Waals surface area contributed by atoms with Crippen LogP contribution in [-0.4, -0.2) is 13.6 Å². The summed E-state index contributed by atoms with van der Waals surface area (Å²) in [6.45, 7) is 1.13. The largest absolute Gasteiger partial charge is 0.320 e. The molecule has 0 unspecified atom stereocenters. The molecule has 0 aliphatic heterocycles. The van der Waals surface area contributed by atoms with E-state index in [1.165, 1.54) is 42.4 Å². The van der Waals surface area contributed by atoms with Crippen molar-refractivity contribution in [3.05, 3.63) is 60.2 Å². The summed E-state index contributed by atoms with van der Waals surface area (Å²) in [5.74, 6) is 0. The lowest BCUT2D eigenvalue weighted by Crippen LogP contribution is -2.07. The van der Waals surface area contributed by atoms with Crippen LogP contribution in [0.3, 0.4) is 0 Å². The van der Waals surface area contributed by atoms with E-state index in [1.807, 2.05) is 7.05 Å². The van der Waals surface area contributed by atoms with E-state index in [0.29, 0.717) is 0 Å². The highest BCUT2D eigenvalue weighted by molar-refractivity contribution is 5.63. The second kappa shape index (κ2) is 7.75. The van der Waals surface area contributed by atoms with Gasteiger partial charge in [0.15, 0.2) is 0 Å². The predicted molar refractivity (Wildman–Crippen MR) is 83.4 cm³/mol. The van der Waals surface area contributed by atoms with Gasteiger partial charge in [-0.15, -0.1) is 0 Å². The van der Waals surface area contributed by atoms with Crippen molar-refractivity contribution in [3.8, 4) is 11.1 Å². The summed E-state index contributed by atoms with van der Waals surface area (Å²) in [6, 6.07) is 19.6. The van der Waals surface area contributed by atoms with Gasteiger partial charge < -0.3 is 5.32 Å². The van der Waals surface area contributed by atoms with Crippen molar-refractivity contribution in [3.63, 3.8) is 0 Å². The lowest BCUT2D eigenvalue weighted by atomic mass is 10.0. The normalized spacial score (nSPS) is 10.6. The molecule has 0 saturated carbocycles. The van der Waals surface area contributed by atoms with Crippen LogP contribution in [0.15, 0.2) is 54.6 Å². The van der Waals surface area contributed by atoms with Crippen molar-refractivity contribution in [2.45, 2.75) is 25.7 Å². The smallest absolute Gasteiger partial charge is 0.00519 e. The molecule has 2 rings (SSSR count). The summed E-state index contributed by atoms with van der Waals surface area (Å²) in [5.41, 5.74) is 4.05. The minimum Gasteiger partial charge on any atom is -0.320 e. The summed E-state index contributed by atoms with van der Waals surface area (Å²) in [5, 5.41) is 3.19. The maximum Gasteiger partial charge on any atom is -0.00519 e. The molecule has 0 fully saturated rings. The molecule has 1 N–H and O–H groups in total. The molecule has 0 aliphatic rings. The Bertz CT molecular complexity index is 459. The number of hydrogen-bond donors (Lipinski definition) is 1. The van der Waals surface area contributed by atoms with Gasteiger partial charge in [-0.1, -0.05) is 61.0 Å². The monoisotopic (exact) mass is 253 g/mol. The molecule has 19 heavy (non-hydrogen) atoms. The topological polar surface area (TPSA) is 12.0 Å². The maximum atomic E-state index is 3.19. The SMILES string of the molecule is CNCCCCCc1ccc(-c2ccccc2)cc1. The van der Waals surface area contributed by atoms with Crippen molar-refractivity contribution in [1.29, 1.82) is 0 Å². The molecule has 0 atom stereocenters. The number of unbranched alkanes of at least 4 members (excludes halogenated alkanes) is 2. The first-order chi connectivity index (χ1) is 9.40. The van der Waals surface area contributed by atoms with Gasteiger partial charge in [-0.25, -0.2) is 0 Å². The molecule has 0 spiro atoms. The minimum absolute atomic E-state index is 1.13. The number of nitrogens with one attached hydrogen (secondary N) is 1. The Balaban J connectivity index is 1.85. The van der Waals surface area contributed by atoms with E-state index in [9.17, 15) is 0 Å². The van der Waals surface area contributed by atoms with Crippen LogP contribution in [0, 0.1) is 0 Å². The van der Waals surface area contributed by atoms with Gasteiger partial charge in [-0.3, -0.25) is 0 Å². The van der Waals surface area contributed by atoms with E-state index in [1.54, 1.807) is 0 Å². The van der Waals surface area contributed by atoms with Gasteiger partial charge in [0.25, 0.3) is 0 Å². The Hall–Kier alpha value is -1.60. The average molecular weight is 253 g/mol. The fraction of sp³-hybridized carbons (Fsp3) is 0.333. The molecule has 0 radical (unpaired) electrons. The Morgan fingerprint density at radius 3 is 2.11 bits per heavy atom. The van der Waals surface area contributed by atoms with Crippen molar-refractivity contribution >= 4 is 0 Å². The van der Waals surface area contributed by atoms with E-state index in [2.05, 4.69) is 59.9 Å². The second-order valence-electron chi connectivity index (χ2n) is 4.98. The molecule has 2 aromatic carbocycles. The highest BCUT2D eigenvalue weighted by atomic mass is 14.8. The third kappa shape index (κ3) is 4.53. The van der Waals surface area contributed by atoms with Crippen LogP contribution in [-0.2, 0) is 6.42 Å². The Labute approximate surface area is 116 Å². The van der Waals surface area contributed by atoms with Gasteiger partial charge in [0.1, 0.15) is 0 Å². The van der Waals surface area contributed by atoms with Gasteiger partial charge in [0, 0.05) is 0 Å². The zero-order chi connectivity index (χ0) is 13.3. The molecule has 1 nitrogen and oxygen atoms in total. The predicted octanol–water partition coefficient (Wildman–Crippen LogP) is 4.29. The van der Waals surface area contributed by atoms with Crippen LogP contribution in [0.25, 0.3) is 11.1 Å². The van der Waals surface area contributed by atoms with E-state index in [-0.39, 0.29) is 0 Å². The molecule has 0 bridgehead atoms. The van der Waals surface area contributed by atoms with E-state index < -0.39 is 0 Å². The number of hydrogen-bond acceptors (Lipinski definition) is 1. The Morgan fingerprint density at radius 1 is 0.737 bits per heavy atom. The highest BCUT2D eigenvalue weighted by Crippen LogP contribution is 2.19. The molecule has 100 valence electrons. The van der Waals surface area contributed by atoms with Crippen molar-refractivity contribution in [1.82, 2.24) is 5.32 Å². The summed E-state index contributed by atoms with van der Waals surface area (Å²) < 4.78 is 0. The van der Waals surface area contributed by atoms with Crippen molar-refractivity contribution in [2.75, 3.05) is 13.6 Å². The van der Waals surface area contributed by atoms with E-state index >= 15 is 0 Å². The molecule has 1 heteroatoms. The van der Waals surface area contributed by atoms with Crippen LogP contribution >= 0.6 is 0 Å². The first-order valence-corrected chi connectivity index (χ1v) is 7.19. The minimum atomic E-state index is 1.13. The van der Waals surface area contributed by atoms with Gasteiger partial charge in [-0.2, -0.15) is 0 Å². The zero-order valence-electron chi connectivity index (χ0n) is 11.7. The maximum absolute atomic E-state index is 3.19. The highest BCUT2D eigenvalue weighted by Gasteiger charge is 1.97. The van der Waals surface area contributed by atoms with Crippen LogP contribution in [0.5, 0.6) is 0 Å². The Morgan fingerprint density at radius 2 is 1.42 bits per heavy atom. The van der Waals surface area contributed by atoms with Crippen LogP contribution in [0.4, 0.5) is 0 Å². The van der Waals surface area contributed by atoms with Crippen LogP contribution < -0.4 is 5.32 Å². The standard InChI is InChI=1S/C18H23N/c1-19-15-7-3-4-8-16-11-13-18(14-12-16)17-9-5-2-6-10-17/h2,5-6,9-14,19H,3-4,7-8,15H2,1H3. The average Bonchev–Trinajstić information content (AvgIpc) is 2.49. The zero-order valence-corrected chi connectivity index (χ0v) is 11.7. The second-order valence-corrected chi connectivity index (χ2v) is 4.98. The Kier molecular flexibility index (Phi) is 5.64. The lowest BCUT2D eigenvalue weighted by Gasteiger charge is -2.05. The summed E-state index contributed by atoms with van der Waals surface area (Å²) in [6.07, 6.45) is 5.06. The molecular weight excluding hydrogens is 230 g/mol. The molecule has 0 heterocycles. The fourth-order valence-corrected chi connectivity index (χ4v) is 2.30. The van der Waals surface area contributed by atoms with Crippen LogP contribution in [0.2, 0.25) is 0 Å². The first-order valence-electron chi connectivity index (χ1n) is 7.19. The van der Waals surface area contributed by atoms with Crippen molar-refractivity contribution < 1.29 is 0 Å². The number of rotatable bonds is 7. The third-order valence-electron chi connectivity index (χ3n) is 3.45. The fourth-order valence-electron chi connectivity index (χ4n) is 2.30. The molecule has 0 aromatic heterocycles. The quantitative estimate of drug-likeness (QED) is 0.726. The summed E-state index contributed by atoms with van der Waals surface area (Å²) >= 11 is 0. The van der Waals surface area contributed by atoms with Gasteiger partial charge in [-0.05, 0) is 49.5 Å². The van der Waals surface area contributed by atoms with Crippen molar-refractivity contribution in [2.24, 2.45) is 0 Å². The van der Waals surface area contributed by atoms with Crippen LogP contribution in [0.1, 0.15) is 24.8 Å².